The Morgan fingerprint density at radius 3 is 2.31 bits per heavy atom. The Hall–Kier alpha value is -6.27. The summed E-state index contributed by atoms with van der Waals surface area (Å²) in [7, 11) is 6.58. The van der Waals surface area contributed by atoms with Gasteiger partial charge in [0.05, 0.1) is 57.1 Å². The molecule has 2 aromatic carbocycles. The molecular formula is C44H51N7O11. The zero-order chi connectivity index (χ0) is 43.8. The van der Waals surface area contributed by atoms with Gasteiger partial charge in [0.15, 0.2) is 0 Å². The molecule has 328 valence electrons. The van der Waals surface area contributed by atoms with Crippen molar-refractivity contribution in [2.45, 2.75) is 57.3 Å². The Morgan fingerprint density at radius 1 is 0.839 bits per heavy atom. The summed E-state index contributed by atoms with van der Waals surface area (Å²) in [4.78, 5) is 95.5. The van der Waals surface area contributed by atoms with E-state index in [1.54, 1.807) is 43.8 Å². The number of pyridine rings is 1. The van der Waals surface area contributed by atoms with Crippen LogP contribution in [0.4, 0.5) is 4.79 Å². The summed E-state index contributed by atoms with van der Waals surface area (Å²) in [6.45, 7) is 4.07. The van der Waals surface area contributed by atoms with Gasteiger partial charge in [0, 0.05) is 82.5 Å². The second-order valence-electron chi connectivity index (χ2n) is 16.3. The van der Waals surface area contributed by atoms with E-state index >= 15 is 0 Å². The summed E-state index contributed by atoms with van der Waals surface area (Å²) < 4.78 is 24.9. The van der Waals surface area contributed by atoms with Crippen LogP contribution in [0.3, 0.4) is 0 Å². The number of likely N-dealkylation sites (tertiary alicyclic amines) is 2. The van der Waals surface area contributed by atoms with Crippen LogP contribution in [0.15, 0.2) is 41.3 Å². The van der Waals surface area contributed by atoms with Crippen molar-refractivity contribution in [1.29, 1.82) is 0 Å². The van der Waals surface area contributed by atoms with Gasteiger partial charge >= 0.3 is 6.03 Å². The van der Waals surface area contributed by atoms with Crippen LogP contribution < -0.4 is 30.4 Å². The predicted molar refractivity (Wildman–Crippen MR) is 222 cm³/mol. The molecule has 3 aromatic rings. The smallest absolute Gasteiger partial charge is 0.317 e. The minimum Gasteiger partial charge on any atom is -0.496 e. The van der Waals surface area contributed by atoms with E-state index in [0.29, 0.717) is 67.4 Å². The molecule has 6 heterocycles. The first kappa shape index (κ1) is 42.4. The first-order chi connectivity index (χ1) is 29.9. The maximum absolute atomic E-state index is 13.2. The van der Waals surface area contributed by atoms with Crippen molar-refractivity contribution in [3.8, 4) is 28.4 Å². The fourth-order valence-corrected chi connectivity index (χ4v) is 9.44. The van der Waals surface area contributed by atoms with Crippen molar-refractivity contribution in [2.24, 2.45) is 13.0 Å². The average Bonchev–Trinajstić information content (AvgIpc) is 3.51. The van der Waals surface area contributed by atoms with Gasteiger partial charge in [-0.3, -0.25) is 43.9 Å². The third-order valence-corrected chi connectivity index (χ3v) is 12.7. The van der Waals surface area contributed by atoms with Crippen molar-refractivity contribution in [2.75, 3.05) is 67.3 Å². The number of methoxy groups -OCH3 is 2. The maximum Gasteiger partial charge on any atom is 0.317 e. The fourth-order valence-electron chi connectivity index (χ4n) is 9.44. The van der Waals surface area contributed by atoms with Gasteiger partial charge in [0.1, 0.15) is 29.9 Å². The number of hydrogen-bond acceptors (Lipinski definition) is 12. The van der Waals surface area contributed by atoms with E-state index in [-0.39, 0.29) is 74.3 Å². The summed E-state index contributed by atoms with van der Waals surface area (Å²) >= 11 is 0. The van der Waals surface area contributed by atoms with Crippen LogP contribution in [-0.4, -0.2) is 139 Å². The minimum atomic E-state index is -1.04. The van der Waals surface area contributed by atoms with Gasteiger partial charge in [-0.2, -0.15) is 0 Å². The highest BCUT2D eigenvalue weighted by molar-refractivity contribution is 6.23. The molecule has 8 rings (SSSR count). The van der Waals surface area contributed by atoms with E-state index in [9.17, 15) is 33.6 Å². The van der Waals surface area contributed by atoms with Gasteiger partial charge in [-0.25, -0.2) is 4.79 Å². The monoisotopic (exact) mass is 853 g/mol. The summed E-state index contributed by atoms with van der Waals surface area (Å²) in [6.07, 6.45) is 3.58. The lowest BCUT2D eigenvalue weighted by atomic mass is 9.82. The molecule has 5 aliphatic heterocycles. The molecule has 3 fully saturated rings. The quantitative estimate of drug-likeness (QED) is 0.187. The standard InChI is InChI=1S/C44H51N7O11/c1-45-44(58)49-12-9-28-31(22-47(2)41(55)32(28)23-49)25-17-36(59-3)33(37(18-25)60-4)24-50-21-26-20-48(13-10-34(26)50)39(53)11-14-61-15-16-62-27-5-6-29-30(19-27)43(57)51(42(29)56)35-7-8-38(52)46-40(35)54/h5-6,17-19,22,26,34-35H,7-16,20-21,23-24H2,1-4H3,(H,45,58)(H,46,52,54). The number of amides is 7. The van der Waals surface area contributed by atoms with Crippen LogP contribution in [0.2, 0.25) is 0 Å². The number of carbonyl (C=O) groups excluding carboxylic acids is 6. The molecule has 3 unspecified atom stereocenters. The van der Waals surface area contributed by atoms with Crippen LogP contribution in [0.1, 0.15) is 63.1 Å². The first-order valence-electron chi connectivity index (χ1n) is 20.9. The van der Waals surface area contributed by atoms with E-state index in [0.717, 1.165) is 40.1 Å². The Morgan fingerprint density at radius 2 is 1.60 bits per heavy atom. The van der Waals surface area contributed by atoms with Gasteiger partial charge in [-0.05, 0) is 60.7 Å². The molecule has 7 amide bonds. The zero-order valence-corrected chi connectivity index (χ0v) is 35.3. The predicted octanol–water partition coefficient (Wildman–Crippen LogP) is 1.69. The molecule has 18 heteroatoms. The topological polar surface area (TPSA) is 198 Å². The SMILES string of the molecule is CNC(=O)N1CCc2c(-c3cc(OC)c(CN4CC5CN(C(=O)CCOCCOc6ccc7c(c6)C(=O)N(C6CCC(=O)NC6=O)C7=O)CCC54)c(OC)c3)cn(C)c(=O)c2C1. The lowest BCUT2D eigenvalue weighted by Crippen LogP contribution is -2.63. The van der Waals surface area contributed by atoms with Crippen LogP contribution in [0, 0.1) is 5.92 Å². The van der Waals surface area contributed by atoms with Crippen LogP contribution >= 0.6 is 0 Å². The van der Waals surface area contributed by atoms with Gasteiger partial charge in [-0.15, -0.1) is 0 Å². The third-order valence-electron chi connectivity index (χ3n) is 12.7. The Bertz CT molecular complexity index is 2370. The molecule has 1 aromatic heterocycles. The van der Waals surface area contributed by atoms with Crippen molar-refractivity contribution < 1.29 is 47.7 Å². The number of aromatic nitrogens is 1. The number of rotatable bonds is 13. The number of fused-ring (bicyclic) bond motifs is 3. The van der Waals surface area contributed by atoms with Crippen LogP contribution in [0.5, 0.6) is 17.2 Å². The second-order valence-corrected chi connectivity index (χ2v) is 16.3. The molecule has 0 saturated carbocycles. The van der Waals surface area contributed by atoms with Gasteiger partial charge in [0.2, 0.25) is 17.7 Å². The Labute approximate surface area is 358 Å². The van der Waals surface area contributed by atoms with E-state index in [4.69, 9.17) is 18.9 Å². The highest BCUT2D eigenvalue weighted by atomic mass is 16.5. The summed E-state index contributed by atoms with van der Waals surface area (Å²) in [6, 6.07) is 7.57. The van der Waals surface area contributed by atoms with Crippen molar-refractivity contribution in [1.82, 2.24) is 34.8 Å². The summed E-state index contributed by atoms with van der Waals surface area (Å²) in [5.41, 5.74) is 4.40. The average molecular weight is 854 g/mol. The molecule has 18 nitrogen and oxygen atoms in total. The van der Waals surface area contributed by atoms with Gasteiger partial charge in [-0.1, -0.05) is 0 Å². The molecule has 5 aliphatic rings. The Kier molecular flexibility index (Phi) is 12.0. The molecule has 3 saturated heterocycles. The molecule has 2 N–H and O–H groups in total. The van der Waals surface area contributed by atoms with Crippen LogP contribution in [-0.2, 0) is 45.7 Å². The van der Waals surface area contributed by atoms with E-state index in [2.05, 4.69) is 15.5 Å². The highest BCUT2D eigenvalue weighted by Gasteiger charge is 2.45. The maximum atomic E-state index is 13.2. The van der Waals surface area contributed by atoms with E-state index in [1.165, 1.54) is 12.1 Å². The highest BCUT2D eigenvalue weighted by Crippen LogP contribution is 2.41. The molecule has 62 heavy (non-hydrogen) atoms. The van der Waals surface area contributed by atoms with Crippen molar-refractivity contribution in [3.05, 3.63) is 74.7 Å². The third kappa shape index (κ3) is 7.99. The number of benzene rings is 2. The van der Waals surface area contributed by atoms with Gasteiger partial charge in [0.25, 0.3) is 17.4 Å². The molecule has 0 spiro atoms. The number of piperidine rings is 2. The first-order valence-corrected chi connectivity index (χ1v) is 20.9. The van der Waals surface area contributed by atoms with Crippen molar-refractivity contribution in [3.63, 3.8) is 0 Å². The normalized spacial score (nSPS) is 20.8. The number of nitrogens with one attached hydrogen (secondary N) is 2. The largest absolute Gasteiger partial charge is 0.496 e. The molecule has 0 radical (unpaired) electrons. The minimum absolute atomic E-state index is 0.0334. The van der Waals surface area contributed by atoms with Crippen LogP contribution in [0.25, 0.3) is 11.1 Å². The lowest BCUT2D eigenvalue weighted by molar-refractivity contribution is -0.140. The van der Waals surface area contributed by atoms with Crippen molar-refractivity contribution >= 4 is 35.6 Å². The fraction of sp³-hybridized carbons (Fsp3) is 0.477. The lowest BCUT2D eigenvalue weighted by Gasteiger charge is -2.53. The number of nitrogens with zero attached hydrogens (tertiary/aromatic N) is 5. The molecular weight excluding hydrogens is 803 g/mol. The number of ether oxygens (including phenoxy) is 4. The van der Waals surface area contributed by atoms with Gasteiger partial charge < -0.3 is 38.6 Å². The zero-order valence-electron chi connectivity index (χ0n) is 35.3. The second kappa shape index (κ2) is 17.6. The number of hydrogen-bond donors (Lipinski definition) is 2. The van der Waals surface area contributed by atoms with E-state index in [1.807, 2.05) is 23.2 Å². The Balaban J connectivity index is 0.802. The molecule has 0 aliphatic carbocycles. The number of imide groups is 2. The molecule has 3 atom stereocenters. The number of urea groups is 1. The van der Waals surface area contributed by atoms with E-state index < -0.39 is 29.7 Å². The number of carbonyl (C=O) groups is 6. The summed E-state index contributed by atoms with van der Waals surface area (Å²) in [5, 5.41) is 4.84. The summed E-state index contributed by atoms with van der Waals surface area (Å²) in [5.74, 6) is -0.192. The number of aryl methyl sites for hydroxylation is 1. The molecule has 0 bridgehead atoms.